The van der Waals surface area contributed by atoms with E-state index < -0.39 is 0 Å². The predicted octanol–water partition coefficient (Wildman–Crippen LogP) is 4.26. The van der Waals surface area contributed by atoms with Crippen molar-refractivity contribution in [2.24, 2.45) is 0 Å². The fraction of sp³-hybridized carbons (Fsp3) is 0.174. The number of carbonyl (C=O) groups is 1. The Morgan fingerprint density at radius 1 is 0.857 bits per heavy atom. The topological polar surface area (TPSA) is 59.6 Å². The summed E-state index contributed by atoms with van der Waals surface area (Å²) in [6.45, 7) is 0.940. The van der Waals surface area contributed by atoms with Gasteiger partial charge in [0.15, 0.2) is 0 Å². The second-order valence-electron chi connectivity index (χ2n) is 6.23. The molecular formula is C23H24N2O3. The number of hydrogen-bond acceptors (Lipinski definition) is 4. The standard InChI is InChI=1S/C23H24N2O3/c1-27-22-10-6-5-7-18(22)15-16-24-17-23(26)25-19-11-13-21(14-12-19)28-20-8-3-2-4-9-20/h2-14,24H,15-17H2,1H3,(H,25,26). The van der Waals surface area contributed by atoms with Gasteiger partial charge in [0.25, 0.3) is 0 Å². The van der Waals surface area contributed by atoms with Crippen LogP contribution in [0.1, 0.15) is 5.56 Å². The third-order valence-electron chi connectivity index (χ3n) is 4.17. The van der Waals surface area contributed by atoms with Crippen molar-refractivity contribution in [2.45, 2.75) is 6.42 Å². The van der Waals surface area contributed by atoms with E-state index in [-0.39, 0.29) is 12.5 Å². The zero-order valence-corrected chi connectivity index (χ0v) is 15.9. The smallest absolute Gasteiger partial charge is 0.238 e. The lowest BCUT2D eigenvalue weighted by Crippen LogP contribution is -2.29. The molecule has 5 nitrogen and oxygen atoms in total. The molecule has 1 amide bonds. The van der Waals surface area contributed by atoms with Crippen LogP contribution in [0.15, 0.2) is 78.9 Å². The largest absolute Gasteiger partial charge is 0.496 e. The number of methoxy groups -OCH3 is 1. The fourth-order valence-electron chi connectivity index (χ4n) is 2.77. The highest BCUT2D eigenvalue weighted by Crippen LogP contribution is 2.22. The molecule has 0 bridgehead atoms. The predicted molar refractivity (Wildman–Crippen MR) is 111 cm³/mol. The molecule has 0 aliphatic rings. The highest BCUT2D eigenvalue weighted by Gasteiger charge is 2.05. The van der Waals surface area contributed by atoms with Gasteiger partial charge < -0.3 is 20.1 Å². The summed E-state index contributed by atoms with van der Waals surface area (Å²) in [5, 5.41) is 6.03. The molecule has 2 N–H and O–H groups in total. The van der Waals surface area contributed by atoms with Crippen LogP contribution in [0.2, 0.25) is 0 Å². The molecular weight excluding hydrogens is 352 g/mol. The van der Waals surface area contributed by atoms with Gasteiger partial charge in [-0.3, -0.25) is 4.79 Å². The van der Waals surface area contributed by atoms with Gasteiger partial charge >= 0.3 is 0 Å². The van der Waals surface area contributed by atoms with E-state index in [1.807, 2.05) is 78.9 Å². The Morgan fingerprint density at radius 2 is 1.54 bits per heavy atom. The van der Waals surface area contributed by atoms with Gasteiger partial charge in [0.2, 0.25) is 5.91 Å². The number of rotatable bonds is 9. The van der Waals surface area contributed by atoms with Crippen LogP contribution in [0.3, 0.4) is 0 Å². The van der Waals surface area contributed by atoms with Crippen LogP contribution in [0.25, 0.3) is 0 Å². The first-order valence-corrected chi connectivity index (χ1v) is 9.20. The molecule has 0 saturated carbocycles. The van der Waals surface area contributed by atoms with Gasteiger partial charge in [0.1, 0.15) is 17.2 Å². The van der Waals surface area contributed by atoms with Crippen LogP contribution in [-0.2, 0) is 11.2 Å². The SMILES string of the molecule is COc1ccccc1CCNCC(=O)Nc1ccc(Oc2ccccc2)cc1. The normalized spacial score (nSPS) is 10.3. The molecule has 0 radical (unpaired) electrons. The average Bonchev–Trinajstić information content (AvgIpc) is 2.74. The monoisotopic (exact) mass is 376 g/mol. The Labute approximate surface area is 165 Å². The van der Waals surface area contributed by atoms with Gasteiger partial charge in [-0.15, -0.1) is 0 Å². The third kappa shape index (κ3) is 5.86. The minimum absolute atomic E-state index is 0.0863. The first kappa shape index (κ1) is 19.5. The third-order valence-corrected chi connectivity index (χ3v) is 4.17. The quantitative estimate of drug-likeness (QED) is 0.548. The van der Waals surface area contributed by atoms with Crippen LogP contribution in [0.4, 0.5) is 5.69 Å². The lowest BCUT2D eigenvalue weighted by molar-refractivity contribution is -0.115. The molecule has 3 aromatic rings. The Kier molecular flexibility index (Phi) is 7.04. The molecule has 5 heteroatoms. The number of amides is 1. The van der Waals surface area contributed by atoms with E-state index in [0.717, 1.165) is 34.9 Å². The first-order valence-electron chi connectivity index (χ1n) is 9.20. The molecule has 144 valence electrons. The number of nitrogens with one attached hydrogen (secondary N) is 2. The van der Waals surface area contributed by atoms with Gasteiger partial charge in [0.05, 0.1) is 13.7 Å². The zero-order valence-electron chi connectivity index (χ0n) is 15.9. The minimum Gasteiger partial charge on any atom is -0.496 e. The number of benzene rings is 3. The van der Waals surface area contributed by atoms with Crippen molar-refractivity contribution in [1.82, 2.24) is 5.32 Å². The van der Waals surface area contributed by atoms with Gasteiger partial charge in [0, 0.05) is 5.69 Å². The lowest BCUT2D eigenvalue weighted by atomic mass is 10.1. The average molecular weight is 376 g/mol. The van der Waals surface area contributed by atoms with Crippen LogP contribution in [0.5, 0.6) is 17.2 Å². The molecule has 0 atom stereocenters. The van der Waals surface area contributed by atoms with E-state index in [1.54, 1.807) is 7.11 Å². The molecule has 0 saturated heterocycles. The van der Waals surface area contributed by atoms with Gasteiger partial charge in [-0.05, 0) is 61.0 Å². The Balaban J connectivity index is 1.41. The van der Waals surface area contributed by atoms with E-state index in [0.29, 0.717) is 6.54 Å². The van der Waals surface area contributed by atoms with Crippen molar-refractivity contribution in [3.8, 4) is 17.2 Å². The second-order valence-corrected chi connectivity index (χ2v) is 6.23. The van der Waals surface area contributed by atoms with Gasteiger partial charge in [-0.25, -0.2) is 0 Å². The van der Waals surface area contributed by atoms with Crippen molar-refractivity contribution >= 4 is 11.6 Å². The molecule has 28 heavy (non-hydrogen) atoms. The van der Waals surface area contributed by atoms with Gasteiger partial charge in [-0.1, -0.05) is 36.4 Å². The fourth-order valence-corrected chi connectivity index (χ4v) is 2.77. The first-order chi connectivity index (χ1) is 13.7. The molecule has 0 aliphatic carbocycles. The number of carbonyl (C=O) groups excluding carboxylic acids is 1. The van der Waals surface area contributed by atoms with E-state index in [9.17, 15) is 4.79 Å². The van der Waals surface area contributed by atoms with Crippen LogP contribution in [-0.4, -0.2) is 26.1 Å². The maximum Gasteiger partial charge on any atom is 0.238 e. The Bertz CT molecular complexity index is 880. The summed E-state index contributed by atoms with van der Waals surface area (Å²) in [4.78, 5) is 12.1. The summed E-state index contributed by atoms with van der Waals surface area (Å²) in [7, 11) is 1.66. The minimum atomic E-state index is -0.0863. The van der Waals surface area contributed by atoms with Crippen LogP contribution >= 0.6 is 0 Å². The number of hydrogen-bond donors (Lipinski definition) is 2. The van der Waals surface area contributed by atoms with Crippen molar-refractivity contribution < 1.29 is 14.3 Å². The number of ether oxygens (including phenoxy) is 2. The highest BCUT2D eigenvalue weighted by molar-refractivity contribution is 5.92. The summed E-state index contributed by atoms with van der Waals surface area (Å²) < 4.78 is 11.1. The number of para-hydroxylation sites is 2. The molecule has 0 fully saturated rings. The summed E-state index contributed by atoms with van der Waals surface area (Å²) in [5.74, 6) is 2.28. The van der Waals surface area contributed by atoms with E-state index in [4.69, 9.17) is 9.47 Å². The molecule has 0 spiro atoms. The summed E-state index contributed by atoms with van der Waals surface area (Å²) in [6, 6.07) is 24.8. The molecule has 0 unspecified atom stereocenters. The maximum absolute atomic E-state index is 12.1. The maximum atomic E-state index is 12.1. The van der Waals surface area contributed by atoms with E-state index in [1.165, 1.54) is 0 Å². The summed E-state index contributed by atoms with van der Waals surface area (Å²) >= 11 is 0. The number of anilines is 1. The summed E-state index contributed by atoms with van der Waals surface area (Å²) in [6.07, 6.45) is 0.794. The van der Waals surface area contributed by atoms with Crippen LogP contribution < -0.4 is 20.1 Å². The molecule has 0 aliphatic heterocycles. The Hall–Kier alpha value is -3.31. The van der Waals surface area contributed by atoms with Crippen molar-refractivity contribution in [3.05, 3.63) is 84.4 Å². The molecule has 3 rings (SSSR count). The van der Waals surface area contributed by atoms with Crippen molar-refractivity contribution in [3.63, 3.8) is 0 Å². The van der Waals surface area contributed by atoms with Crippen LogP contribution in [0, 0.1) is 0 Å². The summed E-state index contributed by atoms with van der Waals surface area (Å²) in [5.41, 5.74) is 1.85. The van der Waals surface area contributed by atoms with Gasteiger partial charge in [-0.2, -0.15) is 0 Å². The lowest BCUT2D eigenvalue weighted by Gasteiger charge is -2.10. The van der Waals surface area contributed by atoms with Crippen molar-refractivity contribution in [2.75, 3.05) is 25.5 Å². The van der Waals surface area contributed by atoms with Crippen molar-refractivity contribution in [1.29, 1.82) is 0 Å². The molecule has 0 aromatic heterocycles. The molecule has 0 heterocycles. The van der Waals surface area contributed by atoms with E-state index in [2.05, 4.69) is 10.6 Å². The zero-order chi connectivity index (χ0) is 19.6. The van der Waals surface area contributed by atoms with E-state index >= 15 is 0 Å². The second kappa shape index (κ2) is 10.1. The molecule has 3 aromatic carbocycles. The Morgan fingerprint density at radius 3 is 2.29 bits per heavy atom. The highest BCUT2D eigenvalue weighted by atomic mass is 16.5.